The van der Waals surface area contributed by atoms with Gasteiger partial charge in [-0.1, -0.05) is 11.6 Å². The largest absolute Gasteiger partial charge is 0.474 e. The molecule has 0 radical (unpaired) electrons. The van der Waals surface area contributed by atoms with Crippen LogP contribution in [0, 0.1) is 5.82 Å². The number of hydrogen-bond donors (Lipinski definition) is 5. The van der Waals surface area contributed by atoms with E-state index < -0.39 is 53.0 Å². The molecule has 6 rings (SSSR count). The number of nitrogens with one attached hydrogen (secondary N) is 4. The predicted molar refractivity (Wildman–Crippen MR) is 188 cm³/mol. The highest BCUT2D eigenvalue weighted by molar-refractivity contribution is 6.40. The van der Waals surface area contributed by atoms with E-state index in [4.69, 9.17) is 26.2 Å². The fourth-order valence-electron chi connectivity index (χ4n) is 6.12. The molecule has 3 amide bonds. The van der Waals surface area contributed by atoms with Gasteiger partial charge < -0.3 is 35.5 Å². The zero-order valence-electron chi connectivity index (χ0n) is 29.5. The Hall–Kier alpha value is -5.66. The van der Waals surface area contributed by atoms with Crippen molar-refractivity contribution in [2.75, 3.05) is 5.32 Å². The van der Waals surface area contributed by atoms with Crippen LogP contribution in [0.4, 0.5) is 36.4 Å². The summed E-state index contributed by atoms with van der Waals surface area (Å²) in [4.78, 5) is 56.3. The molecular formula is C36H34ClF7N6O7. The molecule has 2 aliphatic rings. The Morgan fingerprint density at radius 3 is 1.61 bits per heavy atom. The van der Waals surface area contributed by atoms with Crippen molar-refractivity contribution in [3.63, 3.8) is 0 Å². The first-order valence-corrected chi connectivity index (χ1v) is 17.7. The van der Waals surface area contributed by atoms with Crippen molar-refractivity contribution >= 4 is 51.9 Å². The van der Waals surface area contributed by atoms with Crippen LogP contribution in [-0.2, 0) is 31.5 Å². The van der Waals surface area contributed by atoms with E-state index in [0.29, 0.717) is 68.5 Å². The molecule has 2 aliphatic carbocycles. The van der Waals surface area contributed by atoms with Crippen LogP contribution in [0.3, 0.4) is 0 Å². The Balaban J connectivity index is 0.000000235. The first-order chi connectivity index (χ1) is 26.8. The molecule has 3 aromatic heterocycles. The summed E-state index contributed by atoms with van der Waals surface area (Å²) in [5.41, 5.74) is -0.992. The third-order valence-electron chi connectivity index (χ3n) is 9.09. The number of carboxylic acid groups (broad SMARTS) is 1. The molecule has 4 aromatic rings. The molecule has 0 atom stereocenters. The lowest BCUT2D eigenvalue weighted by atomic mass is 9.93. The number of aromatic amines is 1. The molecule has 2 saturated carbocycles. The van der Waals surface area contributed by atoms with E-state index in [9.17, 15) is 49.9 Å². The number of carbonyl (C=O) groups excluding carboxylic acids is 3. The molecule has 3 heterocycles. The summed E-state index contributed by atoms with van der Waals surface area (Å²) in [6, 6.07) is 6.20. The van der Waals surface area contributed by atoms with Crippen LogP contribution < -0.4 is 25.4 Å². The van der Waals surface area contributed by atoms with Crippen LogP contribution in [0.5, 0.6) is 11.8 Å². The maximum atomic E-state index is 13.6. The van der Waals surface area contributed by atoms with E-state index in [1.807, 2.05) is 0 Å². The van der Waals surface area contributed by atoms with Crippen LogP contribution >= 0.6 is 11.6 Å². The maximum absolute atomic E-state index is 13.6. The van der Waals surface area contributed by atoms with Crippen LogP contribution in [-0.4, -0.2) is 68.0 Å². The topological polar surface area (TPSA) is 185 Å². The first-order valence-electron chi connectivity index (χ1n) is 17.4. The number of fused-ring (bicyclic) bond motifs is 1. The van der Waals surface area contributed by atoms with E-state index in [-0.39, 0.29) is 46.8 Å². The molecule has 2 fully saturated rings. The number of benzene rings is 1. The van der Waals surface area contributed by atoms with Crippen molar-refractivity contribution < 1.29 is 64.5 Å². The van der Waals surface area contributed by atoms with Crippen LogP contribution in [0.25, 0.3) is 10.9 Å². The Morgan fingerprint density at radius 2 is 1.19 bits per heavy atom. The fraction of sp³-hybridized carbons (Fsp3) is 0.389. The Morgan fingerprint density at radius 1 is 0.719 bits per heavy atom. The lowest BCUT2D eigenvalue weighted by Crippen LogP contribution is -2.44. The summed E-state index contributed by atoms with van der Waals surface area (Å²) in [6.45, 7) is 0. The summed E-state index contributed by atoms with van der Waals surface area (Å²) in [6.07, 6.45) is -2.26. The highest BCUT2D eigenvalue weighted by Gasteiger charge is 2.33. The van der Waals surface area contributed by atoms with E-state index in [0.717, 1.165) is 18.3 Å². The fourth-order valence-corrected chi connectivity index (χ4v) is 6.29. The summed E-state index contributed by atoms with van der Waals surface area (Å²) in [5.74, 6) is -4.68. The smallest absolute Gasteiger partial charge is 0.417 e. The maximum Gasteiger partial charge on any atom is 0.417 e. The number of H-pyrrole nitrogens is 1. The first kappa shape index (κ1) is 42.5. The third kappa shape index (κ3) is 11.9. The van der Waals surface area contributed by atoms with Crippen molar-refractivity contribution in [1.29, 1.82) is 0 Å². The number of ether oxygens (including phenoxy) is 2. The second-order valence-electron chi connectivity index (χ2n) is 13.2. The average Bonchev–Trinajstić information content (AvgIpc) is 3.53. The number of aromatic nitrogens is 3. The number of halogens is 8. The van der Waals surface area contributed by atoms with Gasteiger partial charge in [0.25, 0.3) is 0 Å². The van der Waals surface area contributed by atoms with Gasteiger partial charge in [-0.15, -0.1) is 0 Å². The van der Waals surface area contributed by atoms with Crippen LogP contribution in [0.15, 0.2) is 55.0 Å². The van der Waals surface area contributed by atoms with Gasteiger partial charge in [-0.25, -0.2) is 19.2 Å². The monoisotopic (exact) mass is 830 g/mol. The standard InChI is InChI=1S/C22H19ClF4N4O3.C14H15F3N2O4/c23-15-7-14-17(8-16(15)24)28-10-18(14)31-21(33)20(32)30-12-2-4-13(5-3-12)34-19-6-1-11(9-29-19)22(25,26)27;15-14(16,17)8-1-6-11(18-7-8)23-10-4-2-9(3-5-10)19-12(20)13(21)22/h1,6-10,12-13,28H,2-5H2,(H,30,32)(H,31,33);1,6-7,9-10H,2-5H2,(H,19,20)(H,21,22)/t12-,13-;9-,10-. The average molecular weight is 831 g/mol. The lowest BCUT2D eigenvalue weighted by molar-refractivity contribution is -0.150. The number of nitrogens with zero attached hydrogens (tertiary/aromatic N) is 2. The summed E-state index contributed by atoms with van der Waals surface area (Å²) in [5, 5.41) is 16.4. The third-order valence-corrected chi connectivity index (χ3v) is 9.38. The molecule has 13 nitrogen and oxygen atoms in total. The molecule has 1 aromatic carbocycles. The number of aliphatic carboxylic acids is 1. The van der Waals surface area contributed by atoms with Crippen LogP contribution in [0.1, 0.15) is 62.5 Å². The van der Waals surface area contributed by atoms with Gasteiger partial charge in [0.2, 0.25) is 11.8 Å². The molecule has 0 bridgehead atoms. The van der Waals surface area contributed by atoms with Gasteiger partial charge in [0.05, 0.1) is 27.4 Å². The van der Waals surface area contributed by atoms with Gasteiger partial charge >= 0.3 is 36.0 Å². The van der Waals surface area contributed by atoms with Crippen molar-refractivity contribution in [2.24, 2.45) is 0 Å². The lowest BCUT2D eigenvalue weighted by Gasteiger charge is -2.29. The SMILES string of the molecule is O=C(Nc1c[nH]c2cc(F)c(Cl)cc12)C(=O)N[C@H]1CC[C@H](Oc2ccc(C(F)(F)F)cn2)CC1.O=C(O)C(=O)N[C@H]1CC[C@H](Oc2ccc(C(F)(F)F)cn2)CC1. The number of hydrogen-bond acceptors (Lipinski definition) is 8. The minimum Gasteiger partial charge on any atom is -0.474 e. The number of amides is 3. The highest BCUT2D eigenvalue weighted by atomic mass is 35.5. The number of rotatable bonds is 7. The van der Waals surface area contributed by atoms with Gasteiger partial charge in [-0.05, 0) is 75.6 Å². The van der Waals surface area contributed by atoms with Gasteiger partial charge in [0.1, 0.15) is 18.0 Å². The number of carbonyl (C=O) groups is 4. The van der Waals surface area contributed by atoms with Crippen molar-refractivity contribution in [1.82, 2.24) is 25.6 Å². The second-order valence-corrected chi connectivity index (χ2v) is 13.6. The Kier molecular flexibility index (Phi) is 13.5. The number of carboxylic acids is 1. The Labute approximate surface area is 323 Å². The zero-order chi connectivity index (χ0) is 41.5. The molecule has 57 heavy (non-hydrogen) atoms. The zero-order valence-corrected chi connectivity index (χ0v) is 30.2. The number of alkyl halides is 6. The van der Waals surface area contributed by atoms with Gasteiger partial charge in [-0.3, -0.25) is 14.4 Å². The summed E-state index contributed by atoms with van der Waals surface area (Å²) < 4.78 is 99.9. The Bertz CT molecular complexity index is 2050. The second kappa shape index (κ2) is 18.1. The van der Waals surface area contributed by atoms with Crippen molar-refractivity contribution in [3.8, 4) is 11.8 Å². The van der Waals surface area contributed by atoms with Gasteiger partial charge in [0.15, 0.2) is 0 Å². The van der Waals surface area contributed by atoms with E-state index in [2.05, 4.69) is 30.9 Å². The molecule has 0 saturated heterocycles. The van der Waals surface area contributed by atoms with Crippen molar-refractivity contribution in [3.05, 3.63) is 77.0 Å². The van der Waals surface area contributed by atoms with E-state index in [1.54, 1.807) is 0 Å². The highest BCUT2D eigenvalue weighted by Crippen LogP contribution is 2.32. The molecular weight excluding hydrogens is 797 g/mol. The molecule has 0 spiro atoms. The van der Waals surface area contributed by atoms with Gasteiger partial charge in [0, 0.05) is 48.2 Å². The quantitative estimate of drug-likeness (QED) is 0.0987. The minimum atomic E-state index is -4.47. The summed E-state index contributed by atoms with van der Waals surface area (Å²) >= 11 is 5.79. The molecule has 21 heteroatoms. The predicted octanol–water partition coefficient (Wildman–Crippen LogP) is 6.81. The number of pyridine rings is 2. The summed E-state index contributed by atoms with van der Waals surface area (Å²) in [7, 11) is 0. The molecule has 0 unspecified atom stereocenters. The van der Waals surface area contributed by atoms with E-state index in [1.165, 1.54) is 30.5 Å². The van der Waals surface area contributed by atoms with Crippen LogP contribution in [0.2, 0.25) is 5.02 Å². The van der Waals surface area contributed by atoms with E-state index >= 15 is 0 Å². The normalized spacial score (nSPS) is 19.7. The number of anilines is 1. The molecule has 306 valence electrons. The van der Waals surface area contributed by atoms with Gasteiger partial charge in [-0.2, -0.15) is 26.3 Å². The molecule has 0 aliphatic heterocycles. The van der Waals surface area contributed by atoms with Crippen molar-refractivity contribution in [2.45, 2.75) is 88.0 Å². The molecule has 5 N–H and O–H groups in total. The minimum absolute atomic E-state index is 0.0959.